The Balaban J connectivity index is 1.80. The second-order valence-corrected chi connectivity index (χ2v) is 8.06. The number of aryl methyl sites for hydroxylation is 4. The number of hydrogen-bond acceptors (Lipinski definition) is 6. The fourth-order valence-electron chi connectivity index (χ4n) is 3.01. The molecule has 1 aromatic carbocycles. The Morgan fingerprint density at radius 3 is 2.48 bits per heavy atom. The zero-order chi connectivity index (χ0) is 19.9. The predicted octanol–water partition coefficient (Wildman–Crippen LogP) is 0.920. The van der Waals surface area contributed by atoms with Gasteiger partial charge in [0.25, 0.3) is 10.0 Å². The molecule has 9 nitrogen and oxygen atoms in total. The molecule has 0 fully saturated rings. The SMILES string of the molecule is Cc1noc(C)c1CCC(=O)NS(=O)(=O)c1ccc2c(c1)n(C)c(=O)n2C. The van der Waals surface area contributed by atoms with Crippen molar-refractivity contribution in [1.82, 2.24) is 19.0 Å². The van der Waals surface area contributed by atoms with Crippen LogP contribution in [-0.2, 0) is 35.3 Å². The molecule has 10 heteroatoms. The van der Waals surface area contributed by atoms with Gasteiger partial charge in [0, 0.05) is 26.1 Å². The van der Waals surface area contributed by atoms with Gasteiger partial charge in [-0.15, -0.1) is 0 Å². The van der Waals surface area contributed by atoms with Crippen molar-refractivity contribution in [2.45, 2.75) is 31.6 Å². The fourth-order valence-corrected chi connectivity index (χ4v) is 4.04. The number of sulfonamides is 1. The number of carbonyl (C=O) groups is 1. The van der Waals surface area contributed by atoms with Crippen LogP contribution in [0.3, 0.4) is 0 Å². The van der Waals surface area contributed by atoms with Gasteiger partial charge in [0.2, 0.25) is 5.91 Å². The molecule has 0 unspecified atom stereocenters. The van der Waals surface area contributed by atoms with E-state index in [0.717, 1.165) is 5.56 Å². The number of benzene rings is 1. The van der Waals surface area contributed by atoms with Crippen molar-refractivity contribution >= 4 is 27.0 Å². The zero-order valence-corrected chi connectivity index (χ0v) is 16.3. The smallest absolute Gasteiger partial charge is 0.328 e. The third-order valence-electron chi connectivity index (χ3n) is 4.59. The summed E-state index contributed by atoms with van der Waals surface area (Å²) >= 11 is 0. The van der Waals surface area contributed by atoms with E-state index >= 15 is 0 Å². The first-order valence-corrected chi connectivity index (χ1v) is 9.73. The third kappa shape index (κ3) is 3.39. The van der Waals surface area contributed by atoms with Crippen molar-refractivity contribution < 1.29 is 17.7 Å². The highest BCUT2D eigenvalue weighted by Crippen LogP contribution is 2.18. The van der Waals surface area contributed by atoms with E-state index in [0.29, 0.717) is 28.9 Å². The Hall–Kier alpha value is -2.88. The molecule has 0 aliphatic rings. The Morgan fingerprint density at radius 1 is 1.19 bits per heavy atom. The maximum atomic E-state index is 12.5. The van der Waals surface area contributed by atoms with Crippen molar-refractivity contribution in [3.8, 4) is 0 Å². The van der Waals surface area contributed by atoms with E-state index in [1.54, 1.807) is 34.0 Å². The van der Waals surface area contributed by atoms with Crippen LogP contribution in [0.25, 0.3) is 11.0 Å². The van der Waals surface area contributed by atoms with Crippen LogP contribution >= 0.6 is 0 Å². The summed E-state index contributed by atoms with van der Waals surface area (Å²) < 4.78 is 34.9. The van der Waals surface area contributed by atoms with Crippen molar-refractivity contribution in [2.75, 3.05) is 0 Å². The summed E-state index contributed by atoms with van der Waals surface area (Å²) in [6, 6.07) is 4.28. The van der Waals surface area contributed by atoms with Gasteiger partial charge < -0.3 is 4.52 Å². The van der Waals surface area contributed by atoms with Gasteiger partial charge in [-0.2, -0.15) is 0 Å². The number of rotatable bonds is 5. The molecule has 2 heterocycles. The van der Waals surface area contributed by atoms with Crippen LogP contribution in [0, 0.1) is 13.8 Å². The van der Waals surface area contributed by atoms with Gasteiger partial charge in [-0.3, -0.25) is 13.9 Å². The Kier molecular flexibility index (Phi) is 4.68. The molecular weight excluding hydrogens is 372 g/mol. The molecule has 1 N–H and O–H groups in total. The first-order valence-electron chi connectivity index (χ1n) is 8.24. The molecule has 0 atom stereocenters. The first kappa shape index (κ1) is 18.9. The number of hydrogen-bond donors (Lipinski definition) is 1. The first-order chi connectivity index (χ1) is 12.6. The van der Waals surface area contributed by atoms with Crippen LogP contribution in [0.2, 0.25) is 0 Å². The van der Waals surface area contributed by atoms with Gasteiger partial charge in [-0.25, -0.2) is 17.9 Å². The average molecular weight is 392 g/mol. The van der Waals surface area contributed by atoms with Crippen molar-refractivity contribution in [3.05, 3.63) is 45.7 Å². The molecule has 1 amide bonds. The molecule has 0 spiro atoms. The molecular formula is C17H20N4O5S. The van der Waals surface area contributed by atoms with E-state index in [4.69, 9.17) is 4.52 Å². The lowest BCUT2D eigenvalue weighted by atomic mass is 10.1. The average Bonchev–Trinajstić information content (AvgIpc) is 3.04. The summed E-state index contributed by atoms with van der Waals surface area (Å²) in [5.41, 5.74) is 2.28. The van der Waals surface area contributed by atoms with E-state index in [2.05, 4.69) is 9.88 Å². The van der Waals surface area contributed by atoms with Crippen molar-refractivity contribution in [1.29, 1.82) is 0 Å². The minimum Gasteiger partial charge on any atom is -0.361 e. The van der Waals surface area contributed by atoms with Crippen LogP contribution in [0.15, 0.2) is 32.4 Å². The largest absolute Gasteiger partial charge is 0.361 e. The number of nitrogens with one attached hydrogen (secondary N) is 1. The minimum atomic E-state index is -4.05. The number of aromatic nitrogens is 3. The molecule has 3 aromatic rings. The summed E-state index contributed by atoms with van der Waals surface area (Å²) in [7, 11) is -0.881. The molecule has 144 valence electrons. The number of fused-ring (bicyclic) bond motifs is 1. The molecule has 0 radical (unpaired) electrons. The van der Waals surface area contributed by atoms with Crippen molar-refractivity contribution in [3.63, 3.8) is 0 Å². The molecule has 0 aliphatic carbocycles. The van der Waals surface area contributed by atoms with Gasteiger partial charge >= 0.3 is 5.69 Å². The maximum absolute atomic E-state index is 12.5. The van der Waals surface area contributed by atoms with Gasteiger partial charge in [0.05, 0.1) is 21.6 Å². The lowest BCUT2D eigenvalue weighted by Crippen LogP contribution is -2.30. The molecule has 0 aliphatic heterocycles. The summed E-state index contributed by atoms with van der Waals surface area (Å²) in [6.45, 7) is 3.50. The van der Waals surface area contributed by atoms with E-state index in [1.165, 1.54) is 21.3 Å². The van der Waals surface area contributed by atoms with Crippen LogP contribution < -0.4 is 10.4 Å². The van der Waals surface area contributed by atoms with Crippen LogP contribution in [0.5, 0.6) is 0 Å². The third-order valence-corrected chi connectivity index (χ3v) is 5.96. The Labute approximate surface area is 155 Å². The van der Waals surface area contributed by atoms with E-state index in [-0.39, 0.29) is 17.0 Å². The lowest BCUT2D eigenvalue weighted by molar-refractivity contribution is -0.119. The summed E-state index contributed by atoms with van der Waals surface area (Å²) in [5, 5.41) is 3.81. The lowest BCUT2D eigenvalue weighted by Gasteiger charge is -2.07. The monoisotopic (exact) mass is 392 g/mol. The van der Waals surface area contributed by atoms with Crippen molar-refractivity contribution in [2.24, 2.45) is 14.1 Å². The van der Waals surface area contributed by atoms with Gasteiger partial charge in [-0.1, -0.05) is 5.16 Å². The Morgan fingerprint density at radius 2 is 1.85 bits per heavy atom. The second-order valence-electron chi connectivity index (χ2n) is 6.38. The minimum absolute atomic E-state index is 0.0197. The normalized spacial score (nSPS) is 11.9. The molecule has 0 saturated heterocycles. The summed E-state index contributed by atoms with van der Waals surface area (Å²) in [5.74, 6) is -0.0179. The number of carbonyl (C=O) groups excluding carboxylic acids is 1. The van der Waals surface area contributed by atoms with E-state index < -0.39 is 15.9 Å². The topological polar surface area (TPSA) is 116 Å². The molecule has 3 rings (SSSR count). The van der Waals surface area contributed by atoms with E-state index in [9.17, 15) is 18.0 Å². The Bertz CT molecular complexity index is 1180. The standard InChI is InChI=1S/C17H20N4O5S/c1-10-13(11(2)26-18-10)6-8-16(22)19-27(24,25)12-5-7-14-15(9-12)21(4)17(23)20(14)3/h5,7,9H,6,8H2,1-4H3,(H,19,22). The van der Waals surface area contributed by atoms with Crippen LogP contribution in [-0.4, -0.2) is 28.6 Å². The highest BCUT2D eigenvalue weighted by Gasteiger charge is 2.20. The van der Waals surface area contributed by atoms with Gasteiger partial charge in [-0.05, 0) is 38.5 Å². The maximum Gasteiger partial charge on any atom is 0.328 e. The number of imidazole rings is 1. The fraction of sp³-hybridized carbons (Fsp3) is 0.353. The van der Waals surface area contributed by atoms with E-state index in [1.807, 2.05) is 0 Å². The number of nitrogens with zero attached hydrogens (tertiary/aromatic N) is 3. The summed E-state index contributed by atoms with van der Waals surface area (Å²) in [4.78, 5) is 24.0. The quantitative estimate of drug-likeness (QED) is 0.690. The van der Waals surface area contributed by atoms with Crippen LogP contribution in [0.1, 0.15) is 23.4 Å². The van der Waals surface area contributed by atoms with Gasteiger partial charge in [0.15, 0.2) is 0 Å². The summed E-state index contributed by atoms with van der Waals surface area (Å²) in [6.07, 6.45) is 0.308. The molecule has 27 heavy (non-hydrogen) atoms. The molecule has 0 saturated carbocycles. The highest BCUT2D eigenvalue weighted by molar-refractivity contribution is 7.90. The second kappa shape index (κ2) is 6.69. The molecule has 2 aromatic heterocycles. The zero-order valence-electron chi connectivity index (χ0n) is 15.4. The van der Waals surface area contributed by atoms with Gasteiger partial charge in [0.1, 0.15) is 5.76 Å². The molecule has 0 bridgehead atoms. The highest BCUT2D eigenvalue weighted by atomic mass is 32.2. The predicted molar refractivity (Wildman–Crippen MR) is 97.8 cm³/mol. The van der Waals surface area contributed by atoms with Crippen LogP contribution in [0.4, 0.5) is 0 Å². The number of amides is 1.